The predicted octanol–water partition coefficient (Wildman–Crippen LogP) is 2.32. The van der Waals surface area contributed by atoms with E-state index < -0.39 is 5.75 Å². The first-order valence-electron chi connectivity index (χ1n) is 5.40. The summed E-state index contributed by atoms with van der Waals surface area (Å²) in [6.07, 6.45) is 0. The fraction of sp³-hybridized carbons (Fsp3) is 0. The number of hydrogen-bond acceptors (Lipinski definition) is 6. The van der Waals surface area contributed by atoms with E-state index in [0.717, 1.165) is 0 Å². The van der Waals surface area contributed by atoms with Crippen molar-refractivity contribution in [3.05, 3.63) is 30.3 Å². The topological polar surface area (TPSA) is 107 Å². The van der Waals surface area contributed by atoms with Crippen LogP contribution >= 0.6 is 0 Å². The molecule has 1 aromatic heterocycles. The van der Waals surface area contributed by atoms with Gasteiger partial charge < -0.3 is 24.8 Å². The van der Waals surface area contributed by atoms with Gasteiger partial charge in [0.1, 0.15) is 0 Å². The second kappa shape index (κ2) is 3.81. The van der Waals surface area contributed by atoms with Gasteiger partial charge in [0.2, 0.25) is 5.89 Å². The van der Waals surface area contributed by atoms with E-state index >= 15 is 0 Å². The molecule has 4 N–H and O–H groups in total. The SMILES string of the molecule is Oc1cccc(-c2nc3c(O)c(O)ccc3o2)c1O. The van der Waals surface area contributed by atoms with Crippen molar-refractivity contribution in [1.29, 1.82) is 0 Å². The molecule has 19 heavy (non-hydrogen) atoms. The molecule has 0 radical (unpaired) electrons. The number of hydrogen-bond donors (Lipinski definition) is 4. The first-order chi connectivity index (χ1) is 9.08. The van der Waals surface area contributed by atoms with Gasteiger partial charge in [-0.2, -0.15) is 0 Å². The summed E-state index contributed by atoms with van der Waals surface area (Å²) in [5.41, 5.74) is 0.529. The molecule has 0 saturated heterocycles. The number of rotatable bonds is 1. The Kier molecular flexibility index (Phi) is 2.25. The van der Waals surface area contributed by atoms with Crippen molar-refractivity contribution in [1.82, 2.24) is 4.98 Å². The van der Waals surface area contributed by atoms with Gasteiger partial charge in [-0.15, -0.1) is 0 Å². The number of para-hydroxylation sites is 1. The van der Waals surface area contributed by atoms with Gasteiger partial charge in [-0.05, 0) is 24.3 Å². The molecule has 0 atom stereocenters. The Morgan fingerprint density at radius 2 is 1.58 bits per heavy atom. The minimum Gasteiger partial charge on any atom is -0.504 e. The Labute approximate surface area is 106 Å². The molecule has 0 aliphatic carbocycles. The molecule has 0 aliphatic heterocycles. The molecular weight excluding hydrogens is 250 g/mol. The number of phenols is 4. The summed E-state index contributed by atoms with van der Waals surface area (Å²) in [4.78, 5) is 4.00. The van der Waals surface area contributed by atoms with Crippen LogP contribution in [0.25, 0.3) is 22.6 Å². The molecule has 0 unspecified atom stereocenters. The van der Waals surface area contributed by atoms with Crippen molar-refractivity contribution in [3.63, 3.8) is 0 Å². The van der Waals surface area contributed by atoms with E-state index in [2.05, 4.69) is 4.98 Å². The zero-order valence-electron chi connectivity index (χ0n) is 9.53. The van der Waals surface area contributed by atoms with Crippen molar-refractivity contribution in [2.45, 2.75) is 0 Å². The van der Waals surface area contributed by atoms with Crippen LogP contribution < -0.4 is 0 Å². The lowest BCUT2D eigenvalue weighted by Gasteiger charge is -2.01. The maximum absolute atomic E-state index is 9.74. The van der Waals surface area contributed by atoms with Gasteiger partial charge in [0.15, 0.2) is 34.1 Å². The maximum Gasteiger partial charge on any atom is 0.231 e. The smallest absolute Gasteiger partial charge is 0.231 e. The van der Waals surface area contributed by atoms with Gasteiger partial charge in [0, 0.05) is 0 Å². The molecular formula is C13H9NO5. The predicted molar refractivity (Wildman–Crippen MR) is 66.1 cm³/mol. The van der Waals surface area contributed by atoms with Crippen LogP contribution in [0.15, 0.2) is 34.7 Å². The minimum atomic E-state index is -0.396. The number of fused-ring (bicyclic) bond motifs is 1. The first kappa shape index (κ1) is 11.2. The Balaban J connectivity index is 2.27. The van der Waals surface area contributed by atoms with Crippen LogP contribution in [0.3, 0.4) is 0 Å². The Bertz CT molecular complexity index is 778. The van der Waals surface area contributed by atoms with Crippen molar-refractivity contribution < 1.29 is 24.8 Å². The van der Waals surface area contributed by atoms with Crippen LogP contribution in [0.2, 0.25) is 0 Å². The van der Waals surface area contributed by atoms with Crippen molar-refractivity contribution >= 4 is 11.1 Å². The number of benzene rings is 2. The zero-order chi connectivity index (χ0) is 13.6. The van der Waals surface area contributed by atoms with Crippen molar-refractivity contribution in [2.75, 3.05) is 0 Å². The fourth-order valence-corrected chi connectivity index (χ4v) is 1.79. The normalized spacial score (nSPS) is 10.9. The molecule has 6 nitrogen and oxygen atoms in total. The third kappa shape index (κ3) is 1.61. The minimum absolute atomic E-state index is 0.0318. The Hall–Kier alpha value is -2.89. The van der Waals surface area contributed by atoms with E-state index in [1.54, 1.807) is 0 Å². The molecule has 0 fully saturated rings. The van der Waals surface area contributed by atoms with Gasteiger partial charge >= 0.3 is 0 Å². The average molecular weight is 259 g/mol. The highest BCUT2D eigenvalue weighted by Crippen LogP contribution is 2.39. The summed E-state index contributed by atoms with van der Waals surface area (Å²) in [5.74, 6) is -1.34. The van der Waals surface area contributed by atoms with Gasteiger partial charge in [-0.25, -0.2) is 4.98 Å². The summed E-state index contributed by atoms with van der Waals surface area (Å²) in [5, 5.41) is 38.2. The maximum atomic E-state index is 9.74. The molecule has 1 heterocycles. The zero-order valence-corrected chi connectivity index (χ0v) is 9.53. The summed E-state index contributed by atoms with van der Waals surface area (Å²) in [6.45, 7) is 0. The summed E-state index contributed by atoms with van der Waals surface area (Å²) in [6, 6.07) is 7.08. The molecule has 96 valence electrons. The fourth-order valence-electron chi connectivity index (χ4n) is 1.79. The van der Waals surface area contributed by atoms with Crippen LogP contribution in [0.1, 0.15) is 0 Å². The summed E-state index contributed by atoms with van der Waals surface area (Å²) in [7, 11) is 0. The van der Waals surface area contributed by atoms with E-state index in [-0.39, 0.29) is 39.8 Å². The van der Waals surface area contributed by atoms with Crippen LogP contribution in [-0.2, 0) is 0 Å². The molecule has 0 spiro atoms. The number of oxazole rings is 1. The van der Waals surface area contributed by atoms with E-state index in [1.807, 2.05) is 0 Å². The lowest BCUT2D eigenvalue weighted by molar-refractivity contribution is 0.404. The van der Waals surface area contributed by atoms with E-state index in [1.165, 1.54) is 30.3 Å². The number of phenolic OH excluding ortho intramolecular Hbond substituents is 4. The standard InChI is InChI=1S/C13H9NO5/c15-7-3-1-2-6(11(7)17)13-14-10-9(19-13)5-4-8(16)12(10)18/h1-5,15-18H. The highest BCUT2D eigenvalue weighted by Gasteiger charge is 2.17. The van der Waals surface area contributed by atoms with Crippen LogP contribution in [0.5, 0.6) is 23.0 Å². The van der Waals surface area contributed by atoms with E-state index in [9.17, 15) is 20.4 Å². The van der Waals surface area contributed by atoms with Crippen molar-refractivity contribution in [3.8, 4) is 34.5 Å². The molecule has 6 heteroatoms. The second-order valence-electron chi connectivity index (χ2n) is 3.97. The molecule has 0 bridgehead atoms. The van der Waals surface area contributed by atoms with Crippen LogP contribution in [0, 0.1) is 0 Å². The molecule has 0 saturated carbocycles. The highest BCUT2D eigenvalue weighted by molar-refractivity contribution is 5.85. The van der Waals surface area contributed by atoms with Gasteiger partial charge in [-0.3, -0.25) is 0 Å². The van der Waals surface area contributed by atoms with E-state index in [0.29, 0.717) is 0 Å². The Morgan fingerprint density at radius 1 is 0.842 bits per heavy atom. The van der Waals surface area contributed by atoms with Gasteiger partial charge in [0.25, 0.3) is 0 Å². The lowest BCUT2D eigenvalue weighted by Crippen LogP contribution is -1.79. The largest absolute Gasteiger partial charge is 0.504 e. The van der Waals surface area contributed by atoms with E-state index in [4.69, 9.17) is 4.42 Å². The summed E-state index contributed by atoms with van der Waals surface area (Å²) < 4.78 is 5.37. The quantitative estimate of drug-likeness (QED) is 0.499. The van der Waals surface area contributed by atoms with Gasteiger partial charge in [0.05, 0.1) is 5.56 Å². The Morgan fingerprint density at radius 3 is 2.37 bits per heavy atom. The molecule has 3 aromatic rings. The molecule has 0 aliphatic rings. The molecule has 3 rings (SSSR count). The number of nitrogens with zero attached hydrogens (tertiary/aromatic N) is 1. The van der Waals surface area contributed by atoms with Crippen molar-refractivity contribution in [2.24, 2.45) is 0 Å². The average Bonchev–Trinajstić information content (AvgIpc) is 2.82. The number of aromatic hydroxyl groups is 4. The highest BCUT2D eigenvalue weighted by atomic mass is 16.4. The lowest BCUT2D eigenvalue weighted by atomic mass is 10.2. The monoisotopic (exact) mass is 259 g/mol. The number of aromatic nitrogens is 1. The molecule has 2 aromatic carbocycles. The third-order valence-corrected chi connectivity index (χ3v) is 2.76. The third-order valence-electron chi connectivity index (χ3n) is 2.76. The van der Waals surface area contributed by atoms with Crippen LogP contribution in [0.4, 0.5) is 0 Å². The summed E-state index contributed by atoms with van der Waals surface area (Å²) >= 11 is 0. The molecule has 0 amide bonds. The first-order valence-corrected chi connectivity index (χ1v) is 5.40. The van der Waals surface area contributed by atoms with Gasteiger partial charge in [-0.1, -0.05) is 6.07 Å². The van der Waals surface area contributed by atoms with Crippen LogP contribution in [-0.4, -0.2) is 25.4 Å². The second-order valence-corrected chi connectivity index (χ2v) is 3.97.